The lowest BCUT2D eigenvalue weighted by molar-refractivity contribution is -0.116. The summed E-state index contributed by atoms with van der Waals surface area (Å²) in [5.41, 5.74) is 4.42. The fraction of sp³-hybridized carbons (Fsp3) is 0.263. The van der Waals surface area contributed by atoms with Crippen LogP contribution in [0.2, 0.25) is 0 Å². The number of ether oxygens (including phenoxy) is 1. The van der Waals surface area contributed by atoms with Gasteiger partial charge >= 0.3 is 5.97 Å². The first-order valence-electron chi connectivity index (χ1n) is 7.54. The van der Waals surface area contributed by atoms with Gasteiger partial charge in [-0.15, -0.1) is 0 Å². The number of esters is 1. The standard InChI is InChI=1S/C19H21NO3/c1-13-8-9-15(12-14(13)2)10-11-18(21)20-17-7-5-4-6-16(17)19(22)23-3/h4-9,12H,10-11H2,1-3H3,(H,20,21). The molecular formula is C19H21NO3. The van der Waals surface area contributed by atoms with Gasteiger partial charge in [0.05, 0.1) is 18.4 Å². The second kappa shape index (κ2) is 7.58. The number of hydrogen-bond acceptors (Lipinski definition) is 3. The van der Waals surface area contributed by atoms with E-state index in [0.717, 1.165) is 5.56 Å². The molecule has 2 aromatic rings. The van der Waals surface area contributed by atoms with E-state index in [2.05, 4.69) is 31.3 Å². The summed E-state index contributed by atoms with van der Waals surface area (Å²) >= 11 is 0. The largest absolute Gasteiger partial charge is 0.465 e. The number of anilines is 1. The first-order valence-corrected chi connectivity index (χ1v) is 7.54. The van der Waals surface area contributed by atoms with Gasteiger partial charge in [-0.2, -0.15) is 0 Å². The Morgan fingerprint density at radius 2 is 1.78 bits per heavy atom. The molecule has 4 nitrogen and oxygen atoms in total. The van der Waals surface area contributed by atoms with Gasteiger partial charge in [-0.3, -0.25) is 4.79 Å². The smallest absolute Gasteiger partial charge is 0.339 e. The van der Waals surface area contributed by atoms with Crippen molar-refractivity contribution >= 4 is 17.6 Å². The van der Waals surface area contributed by atoms with Crippen molar-refractivity contribution in [2.24, 2.45) is 0 Å². The Morgan fingerprint density at radius 3 is 2.48 bits per heavy atom. The zero-order chi connectivity index (χ0) is 16.8. The second-order valence-electron chi connectivity index (χ2n) is 5.50. The molecule has 0 aliphatic carbocycles. The highest BCUT2D eigenvalue weighted by molar-refractivity contribution is 6.01. The normalized spacial score (nSPS) is 10.2. The van der Waals surface area contributed by atoms with Crippen LogP contribution in [0, 0.1) is 13.8 Å². The van der Waals surface area contributed by atoms with Crippen LogP contribution in [0.5, 0.6) is 0 Å². The first kappa shape index (κ1) is 16.7. The number of aryl methyl sites for hydroxylation is 3. The highest BCUT2D eigenvalue weighted by atomic mass is 16.5. The van der Waals surface area contributed by atoms with Crippen LogP contribution in [0.15, 0.2) is 42.5 Å². The summed E-state index contributed by atoms with van der Waals surface area (Å²) in [5.74, 6) is -0.588. The summed E-state index contributed by atoms with van der Waals surface area (Å²) in [7, 11) is 1.32. The van der Waals surface area contributed by atoms with Gasteiger partial charge in [-0.05, 0) is 49.1 Å². The molecule has 0 bridgehead atoms. The summed E-state index contributed by atoms with van der Waals surface area (Å²) in [6, 6.07) is 13.0. The number of para-hydroxylation sites is 1. The molecule has 1 amide bonds. The van der Waals surface area contributed by atoms with E-state index in [1.165, 1.54) is 18.2 Å². The van der Waals surface area contributed by atoms with Gasteiger partial charge in [-0.1, -0.05) is 30.3 Å². The van der Waals surface area contributed by atoms with Crippen molar-refractivity contribution < 1.29 is 14.3 Å². The van der Waals surface area contributed by atoms with Crippen LogP contribution in [0.25, 0.3) is 0 Å². The van der Waals surface area contributed by atoms with Gasteiger partial charge in [0.2, 0.25) is 5.91 Å². The predicted octanol–water partition coefficient (Wildman–Crippen LogP) is 3.66. The molecule has 0 spiro atoms. The van der Waals surface area contributed by atoms with E-state index in [-0.39, 0.29) is 5.91 Å². The molecule has 0 aliphatic heterocycles. The van der Waals surface area contributed by atoms with Crippen LogP contribution in [-0.2, 0) is 16.0 Å². The van der Waals surface area contributed by atoms with E-state index in [4.69, 9.17) is 4.74 Å². The fourth-order valence-corrected chi connectivity index (χ4v) is 2.31. The minimum absolute atomic E-state index is 0.125. The van der Waals surface area contributed by atoms with Gasteiger partial charge < -0.3 is 10.1 Å². The maximum atomic E-state index is 12.1. The van der Waals surface area contributed by atoms with Crippen LogP contribution in [-0.4, -0.2) is 19.0 Å². The lowest BCUT2D eigenvalue weighted by Crippen LogP contribution is -2.15. The molecule has 2 rings (SSSR count). The van der Waals surface area contributed by atoms with Gasteiger partial charge in [0.25, 0.3) is 0 Å². The molecule has 0 unspecified atom stereocenters. The van der Waals surface area contributed by atoms with E-state index >= 15 is 0 Å². The number of hydrogen-bond donors (Lipinski definition) is 1. The van der Waals surface area contributed by atoms with Crippen LogP contribution in [0.3, 0.4) is 0 Å². The van der Waals surface area contributed by atoms with Crippen LogP contribution >= 0.6 is 0 Å². The number of nitrogens with one attached hydrogen (secondary N) is 1. The zero-order valence-corrected chi connectivity index (χ0v) is 13.7. The zero-order valence-electron chi connectivity index (χ0n) is 13.7. The quantitative estimate of drug-likeness (QED) is 0.857. The maximum absolute atomic E-state index is 12.1. The molecule has 0 heterocycles. The Labute approximate surface area is 136 Å². The van der Waals surface area contributed by atoms with E-state index in [9.17, 15) is 9.59 Å². The summed E-state index contributed by atoms with van der Waals surface area (Å²) < 4.78 is 4.72. The van der Waals surface area contributed by atoms with E-state index in [1.54, 1.807) is 24.3 Å². The SMILES string of the molecule is COC(=O)c1ccccc1NC(=O)CCc1ccc(C)c(C)c1. The average Bonchev–Trinajstić information content (AvgIpc) is 2.55. The molecule has 0 saturated heterocycles. The van der Waals surface area contributed by atoms with Crippen LogP contribution < -0.4 is 5.32 Å². The molecule has 0 saturated carbocycles. The predicted molar refractivity (Wildman–Crippen MR) is 90.6 cm³/mol. The summed E-state index contributed by atoms with van der Waals surface area (Å²) in [4.78, 5) is 23.8. The number of rotatable bonds is 5. The van der Waals surface area contributed by atoms with Gasteiger partial charge in [-0.25, -0.2) is 4.79 Å². The van der Waals surface area contributed by atoms with Crippen molar-refractivity contribution in [3.05, 3.63) is 64.7 Å². The Hall–Kier alpha value is -2.62. The third-order valence-electron chi connectivity index (χ3n) is 3.82. The average molecular weight is 311 g/mol. The number of carbonyl (C=O) groups excluding carboxylic acids is 2. The monoisotopic (exact) mass is 311 g/mol. The third-order valence-corrected chi connectivity index (χ3v) is 3.82. The minimum Gasteiger partial charge on any atom is -0.465 e. The summed E-state index contributed by atoms with van der Waals surface area (Å²) in [6.45, 7) is 4.13. The number of methoxy groups -OCH3 is 1. The molecule has 0 fully saturated rings. The van der Waals surface area contributed by atoms with Gasteiger partial charge in [0.15, 0.2) is 0 Å². The number of amides is 1. The highest BCUT2D eigenvalue weighted by Gasteiger charge is 2.13. The first-order chi connectivity index (χ1) is 11.0. The molecule has 2 aromatic carbocycles. The van der Waals surface area contributed by atoms with Gasteiger partial charge in [0, 0.05) is 6.42 Å². The highest BCUT2D eigenvalue weighted by Crippen LogP contribution is 2.17. The molecule has 1 N–H and O–H groups in total. The van der Waals surface area contributed by atoms with Crippen molar-refractivity contribution in [3.63, 3.8) is 0 Å². The molecule has 0 aliphatic rings. The third kappa shape index (κ3) is 4.42. The van der Waals surface area contributed by atoms with E-state index in [1.807, 2.05) is 6.07 Å². The van der Waals surface area contributed by atoms with Gasteiger partial charge in [0.1, 0.15) is 0 Å². The van der Waals surface area contributed by atoms with E-state index in [0.29, 0.717) is 24.1 Å². The summed E-state index contributed by atoms with van der Waals surface area (Å²) in [5, 5.41) is 2.78. The second-order valence-corrected chi connectivity index (χ2v) is 5.50. The van der Waals surface area contributed by atoms with Crippen molar-refractivity contribution in [2.45, 2.75) is 26.7 Å². The van der Waals surface area contributed by atoms with Crippen LogP contribution in [0.1, 0.15) is 33.5 Å². The van der Waals surface area contributed by atoms with E-state index < -0.39 is 5.97 Å². The maximum Gasteiger partial charge on any atom is 0.339 e. The minimum atomic E-state index is -0.463. The van der Waals surface area contributed by atoms with Crippen molar-refractivity contribution in [2.75, 3.05) is 12.4 Å². The number of carbonyl (C=O) groups is 2. The molecule has 0 radical (unpaired) electrons. The Morgan fingerprint density at radius 1 is 1.04 bits per heavy atom. The Kier molecular flexibility index (Phi) is 5.52. The lowest BCUT2D eigenvalue weighted by atomic mass is 10.0. The molecular weight excluding hydrogens is 290 g/mol. The molecule has 0 aromatic heterocycles. The fourth-order valence-electron chi connectivity index (χ4n) is 2.31. The van der Waals surface area contributed by atoms with Crippen molar-refractivity contribution in [3.8, 4) is 0 Å². The topological polar surface area (TPSA) is 55.4 Å². The molecule has 4 heteroatoms. The number of benzene rings is 2. The van der Waals surface area contributed by atoms with Crippen LogP contribution in [0.4, 0.5) is 5.69 Å². The summed E-state index contributed by atoms with van der Waals surface area (Å²) in [6.07, 6.45) is 1.02. The Balaban J connectivity index is 2.00. The van der Waals surface area contributed by atoms with Crippen molar-refractivity contribution in [1.29, 1.82) is 0 Å². The lowest BCUT2D eigenvalue weighted by Gasteiger charge is -2.10. The molecule has 0 atom stereocenters. The molecule has 120 valence electrons. The Bertz CT molecular complexity index is 722. The molecule has 23 heavy (non-hydrogen) atoms. The van der Waals surface area contributed by atoms with Crippen molar-refractivity contribution in [1.82, 2.24) is 0 Å².